The van der Waals surface area contributed by atoms with Crippen LogP contribution in [0.4, 0.5) is 0 Å². The molecule has 3 rings (SSSR count). The van der Waals surface area contributed by atoms with Crippen LogP contribution in [0.2, 0.25) is 0 Å². The van der Waals surface area contributed by atoms with Crippen LogP contribution in [0.25, 0.3) is 0 Å². The smallest absolute Gasteiger partial charge is 0.0928 e. The molecule has 0 aromatic heterocycles. The summed E-state index contributed by atoms with van der Waals surface area (Å²) in [6, 6.07) is 10.9. The van der Waals surface area contributed by atoms with Gasteiger partial charge in [0.15, 0.2) is 0 Å². The zero-order valence-corrected chi connectivity index (χ0v) is 15.9. The average molecular weight is 327 g/mol. The minimum atomic E-state index is 0.260. The van der Waals surface area contributed by atoms with E-state index in [1.807, 2.05) is 0 Å². The zero-order valence-electron chi connectivity index (χ0n) is 15.9. The van der Waals surface area contributed by atoms with Gasteiger partial charge in [-0.15, -0.1) is 0 Å². The van der Waals surface area contributed by atoms with Crippen molar-refractivity contribution >= 4 is 0 Å². The fraction of sp³-hybridized carbons (Fsp3) is 0.652. The van der Waals surface area contributed by atoms with Crippen molar-refractivity contribution in [2.75, 3.05) is 0 Å². The quantitative estimate of drug-likeness (QED) is 0.537. The number of benzene rings is 1. The summed E-state index contributed by atoms with van der Waals surface area (Å²) in [5, 5.41) is 10.6. The summed E-state index contributed by atoms with van der Waals surface area (Å²) in [4.78, 5) is 0. The van der Waals surface area contributed by atoms with Crippen LogP contribution in [-0.2, 0) is 6.42 Å². The van der Waals surface area contributed by atoms with Crippen LogP contribution in [0.1, 0.15) is 65.4 Å². The Morgan fingerprint density at radius 2 is 1.83 bits per heavy atom. The maximum Gasteiger partial charge on any atom is 0.0928 e. The van der Waals surface area contributed by atoms with E-state index in [0.717, 1.165) is 12.3 Å². The lowest BCUT2D eigenvalue weighted by Gasteiger charge is -2.26. The van der Waals surface area contributed by atoms with Crippen LogP contribution in [0.5, 0.6) is 0 Å². The normalized spacial score (nSPS) is 34.3. The Balaban J connectivity index is 1.77. The minimum absolute atomic E-state index is 0.260. The third-order valence-electron chi connectivity index (χ3n) is 7.06. The maximum absolute atomic E-state index is 10.6. The predicted molar refractivity (Wildman–Crippen MR) is 102 cm³/mol. The van der Waals surface area contributed by atoms with Gasteiger partial charge in [0, 0.05) is 11.3 Å². The third kappa shape index (κ3) is 2.61. The van der Waals surface area contributed by atoms with Crippen molar-refractivity contribution in [3.63, 3.8) is 0 Å². The molecule has 132 valence electrons. The van der Waals surface area contributed by atoms with Crippen molar-refractivity contribution < 1.29 is 5.11 Å². The first-order chi connectivity index (χ1) is 11.5. The van der Waals surface area contributed by atoms with Crippen molar-refractivity contribution in [2.24, 2.45) is 28.6 Å². The van der Waals surface area contributed by atoms with Gasteiger partial charge in [0.05, 0.1) is 5.76 Å². The summed E-state index contributed by atoms with van der Waals surface area (Å²) in [5.74, 6) is 2.27. The first kappa shape index (κ1) is 17.6. The van der Waals surface area contributed by atoms with Gasteiger partial charge >= 0.3 is 0 Å². The Labute approximate surface area is 148 Å². The standard InChI is InChI=1S/C23H34O/c1-5-6-10-15-23-16-19(24)21(17(2)3)22(23,4)20(23)14-13-18-11-8-7-9-12-18/h7-9,11-12,16-17,20-21,24H,5-6,10,13-15H2,1-4H3/t20-,21-,22+,23+/m0/s1. The molecule has 1 N–H and O–H groups in total. The number of allylic oxidation sites excluding steroid dienone is 2. The monoisotopic (exact) mass is 326 g/mol. The molecule has 24 heavy (non-hydrogen) atoms. The van der Waals surface area contributed by atoms with E-state index in [9.17, 15) is 5.11 Å². The number of unbranched alkanes of at least 4 members (excludes halogenated alkanes) is 2. The fourth-order valence-electron chi connectivity index (χ4n) is 6.00. The Kier molecular flexibility index (Phi) is 4.82. The molecule has 0 spiro atoms. The van der Waals surface area contributed by atoms with E-state index in [4.69, 9.17) is 0 Å². The molecule has 1 aromatic rings. The SMILES string of the molecule is CCCCC[C@]12C=C(O)[C@H](C(C)C)[C@@]1(C)[C@@H]2CCc1ccccc1. The van der Waals surface area contributed by atoms with Gasteiger partial charge in [-0.2, -0.15) is 0 Å². The number of hydrogen-bond donors (Lipinski definition) is 1. The molecule has 0 unspecified atom stereocenters. The molecule has 0 radical (unpaired) electrons. The molecule has 4 atom stereocenters. The van der Waals surface area contributed by atoms with Crippen molar-refractivity contribution in [1.29, 1.82) is 0 Å². The van der Waals surface area contributed by atoms with Gasteiger partial charge in [-0.05, 0) is 48.2 Å². The van der Waals surface area contributed by atoms with E-state index in [2.05, 4.69) is 64.1 Å². The number of aliphatic hydroxyl groups excluding tert-OH is 1. The Morgan fingerprint density at radius 3 is 2.46 bits per heavy atom. The van der Waals surface area contributed by atoms with Crippen LogP contribution >= 0.6 is 0 Å². The molecule has 0 bridgehead atoms. The van der Waals surface area contributed by atoms with Gasteiger partial charge in [0.25, 0.3) is 0 Å². The number of aryl methyl sites for hydroxylation is 1. The minimum Gasteiger partial charge on any atom is -0.512 e. The maximum atomic E-state index is 10.6. The van der Waals surface area contributed by atoms with Gasteiger partial charge in [-0.3, -0.25) is 0 Å². The molecule has 1 aromatic carbocycles. The van der Waals surface area contributed by atoms with Gasteiger partial charge in [-0.25, -0.2) is 0 Å². The summed E-state index contributed by atoms with van der Waals surface area (Å²) >= 11 is 0. The highest BCUT2D eigenvalue weighted by atomic mass is 16.3. The molecule has 0 aliphatic heterocycles. The average Bonchev–Trinajstić information content (AvgIpc) is 2.91. The van der Waals surface area contributed by atoms with Crippen LogP contribution in [-0.4, -0.2) is 5.11 Å². The topological polar surface area (TPSA) is 20.2 Å². The first-order valence-corrected chi connectivity index (χ1v) is 9.93. The van der Waals surface area contributed by atoms with Crippen molar-refractivity contribution in [1.82, 2.24) is 0 Å². The molecule has 1 heteroatoms. The summed E-state index contributed by atoms with van der Waals surface area (Å²) in [6.07, 6.45) is 9.82. The second kappa shape index (κ2) is 6.58. The van der Waals surface area contributed by atoms with E-state index in [0.29, 0.717) is 17.6 Å². The molecule has 2 aliphatic rings. The molecule has 0 amide bonds. The lowest BCUT2D eigenvalue weighted by Crippen LogP contribution is -2.22. The summed E-state index contributed by atoms with van der Waals surface area (Å²) in [7, 11) is 0. The number of aliphatic hydroxyl groups is 1. The van der Waals surface area contributed by atoms with E-state index in [1.165, 1.54) is 37.7 Å². The van der Waals surface area contributed by atoms with Crippen LogP contribution in [0.15, 0.2) is 42.2 Å². The van der Waals surface area contributed by atoms with Gasteiger partial charge < -0.3 is 5.11 Å². The molecule has 2 aliphatic carbocycles. The molecular weight excluding hydrogens is 292 g/mol. The number of hydrogen-bond acceptors (Lipinski definition) is 1. The van der Waals surface area contributed by atoms with Gasteiger partial charge in [0.2, 0.25) is 0 Å². The fourth-order valence-corrected chi connectivity index (χ4v) is 6.00. The second-order valence-corrected chi connectivity index (χ2v) is 8.65. The van der Waals surface area contributed by atoms with Crippen LogP contribution in [0, 0.1) is 28.6 Å². The summed E-state index contributed by atoms with van der Waals surface area (Å²) in [6.45, 7) is 9.28. The number of rotatable bonds is 8. The van der Waals surface area contributed by atoms with Gasteiger partial charge in [-0.1, -0.05) is 77.3 Å². The van der Waals surface area contributed by atoms with Crippen molar-refractivity contribution in [3.8, 4) is 0 Å². The molecule has 1 nitrogen and oxygen atoms in total. The van der Waals surface area contributed by atoms with E-state index in [-0.39, 0.29) is 10.8 Å². The van der Waals surface area contributed by atoms with E-state index in [1.54, 1.807) is 0 Å². The molecular formula is C23H34O. The molecule has 0 saturated heterocycles. The third-order valence-corrected chi connectivity index (χ3v) is 7.06. The highest BCUT2D eigenvalue weighted by Crippen LogP contribution is 2.81. The van der Waals surface area contributed by atoms with E-state index >= 15 is 0 Å². The largest absolute Gasteiger partial charge is 0.512 e. The predicted octanol–water partition coefficient (Wildman–Crippen LogP) is 6.55. The Hall–Kier alpha value is -1.24. The lowest BCUT2D eigenvalue weighted by molar-refractivity contribution is 0.192. The first-order valence-electron chi connectivity index (χ1n) is 9.93. The highest BCUT2D eigenvalue weighted by molar-refractivity contribution is 5.39. The van der Waals surface area contributed by atoms with Crippen LogP contribution < -0.4 is 0 Å². The Morgan fingerprint density at radius 1 is 1.12 bits per heavy atom. The number of fused-ring (bicyclic) bond motifs is 1. The van der Waals surface area contributed by atoms with Gasteiger partial charge in [0.1, 0.15) is 0 Å². The van der Waals surface area contributed by atoms with Crippen molar-refractivity contribution in [2.45, 2.75) is 66.2 Å². The van der Waals surface area contributed by atoms with Crippen molar-refractivity contribution in [3.05, 3.63) is 47.7 Å². The second-order valence-electron chi connectivity index (χ2n) is 8.65. The zero-order chi connectivity index (χ0) is 17.4. The summed E-state index contributed by atoms with van der Waals surface area (Å²) < 4.78 is 0. The molecule has 1 saturated carbocycles. The summed E-state index contributed by atoms with van der Waals surface area (Å²) in [5.41, 5.74) is 1.98. The van der Waals surface area contributed by atoms with E-state index < -0.39 is 0 Å². The lowest BCUT2D eigenvalue weighted by atomic mass is 9.78. The highest BCUT2D eigenvalue weighted by Gasteiger charge is 2.77. The van der Waals surface area contributed by atoms with Crippen LogP contribution in [0.3, 0.4) is 0 Å². The molecule has 0 heterocycles. The Bertz CT molecular complexity index is 587. The molecule has 1 fully saturated rings.